The number of carboxylic acids is 1. The van der Waals surface area contributed by atoms with Crippen molar-refractivity contribution in [3.63, 3.8) is 0 Å². The summed E-state index contributed by atoms with van der Waals surface area (Å²) < 4.78 is 5.06. The minimum atomic E-state index is -0.964. The van der Waals surface area contributed by atoms with Crippen LogP contribution in [-0.2, 0) is 11.2 Å². The third-order valence-corrected chi connectivity index (χ3v) is 2.36. The molecule has 1 N–H and O–H groups in total. The van der Waals surface area contributed by atoms with Crippen LogP contribution < -0.4 is 4.74 Å². The number of carbonyl (C=O) groups is 2. The Hall–Kier alpha value is -1.84. The molecule has 15 heavy (non-hydrogen) atoms. The molecular weight excluding hydrogens is 196 g/mol. The number of rotatable bonds is 1. The molecular formula is C11H10O4. The molecule has 4 heteroatoms. The van der Waals surface area contributed by atoms with Gasteiger partial charge in [0.15, 0.2) is 0 Å². The van der Waals surface area contributed by atoms with Gasteiger partial charge in [0, 0.05) is 6.42 Å². The Morgan fingerprint density at radius 1 is 1.33 bits per heavy atom. The van der Waals surface area contributed by atoms with Crippen LogP contribution in [0.15, 0.2) is 18.2 Å². The molecule has 1 aromatic carbocycles. The van der Waals surface area contributed by atoms with Gasteiger partial charge in [-0.15, -0.1) is 0 Å². The highest BCUT2D eigenvalue weighted by Crippen LogP contribution is 2.25. The molecule has 1 aliphatic heterocycles. The minimum absolute atomic E-state index is 0.228. The lowest BCUT2D eigenvalue weighted by molar-refractivity contribution is -0.134. The number of aromatic carboxylic acids is 1. The number of ether oxygens (including phenoxy) is 1. The number of aryl methyl sites for hydroxylation is 1. The molecule has 78 valence electrons. The number of hydrogen-bond donors (Lipinski definition) is 1. The number of carbonyl (C=O) groups excluding carboxylic acids is 1. The molecule has 0 radical (unpaired) electrons. The average Bonchev–Trinajstić information content (AvgIpc) is 2.37. The van der Waals surface area contributed by atoms with Crippen LogP contribution in [0.2, 0.25) is 0 Å². The van der Waals surface area contributed by atoms with Gasteiger partial charge in [-0.25, -0.2) is 4.79 Å². The van der Waals surface area contributed by atoms with Gasteiger partial charge in [-0.1, -0.05) is 0 Å². The summed E-state index contributed by atoms with van der Waals surface area (Å²) in [7, 11) is 0. The third-order valence-electron chi connectivity index (χ3n) is 2.36. The highest BCUT2D eigenvalue weighted by molar-refractivity contribution is 5.88. The zero-order valence-corrected chi connectivity index (χ0v) is 8.03. The lowest BCUT2D eigenvalue weighted by Gasteiger charge is -2.05. The fourth-order valence-electron chi connectivity index (χ4n) is 1.60. The maximum absolute atomic E-state index is 11.1. The second-order valence-corrected chi connectivity index (χ2v) is 3.46. The van der Waals surface area contributed by atoms with E-state index >= 15 is 0 Å². The Kier molecular flexibility index (Phi) is 2.41. The van der Waals surface area contributed by atoms with Gasteiger partial charge in [0.2, 0.25) is 0 Å². The fourth-order valence-corrected chi connectivity index (χ4v) is 1.60. The van der Waals surface area contributed by atoms with Gasteiger partial charge in [0.25, 0.3) is 0 Å². The van der Waals surface area contributed by atoms with Crippen LogP contribution in [0, 0.1) is 0 Å². The SMILES string of the molecule is O=C1CCCc2cc(C(=O)O)ccc2O1. The molecule has 0 atom stereocenters. The first-order valence-electron chi connectivity index (χ1n) is 4.74. The summed E-state index contributed by atoms with van der Waals surface area (Å²) in [5.74, 6) is -0.729. The van der Waals surface area contributed by atoms with Crippen molar-refractivity contribution in [1.82, 2.24) is 0 Å². The van der Waals surface area contributed by atoms with E-state index in [2.05, 4.69) is 0 Å². The molecule has 0 saturated carbocycles. The van der Waals surface area contributed by atoms with E-state index in [9.17, 15) is 9.59 Å². The molecule has 0 bridgehead atoms. The van der Waals surface area contributed by atoms with Crippen molar-refractivity contribution in [2.75, 3.05) is 0 Å². The van der Waals surface area contributed by atoms with E-state index in [0.29, 0.717) is 25.0 Å². The van der Waals surface area contributed by atoms with Crippen LogP contribution >= 0.6 is 0 Å². The highest BCUT2D eigenvalue weighted by atomic mass is 16.5. The largest absolute Gasteiger partial charge is 0.478 e. The van der Waals surface area contributed by atoms with Crippen molar-refractivity contribution in [2.24, 2.45) is 0 Å². The van der Waals surface area contributed by atoms with Gasteiger partial charge in [-0.3, -0.25) is 4.79 Å². The first kappa shape index (κ1) is 9.71. The van der Waals surface area contributed by atoms with Crippen LogP contribution in [0.1, 0.15) is 28.8 Å². The summed E-state index contributed by atoms with van der Waals surface area (Å²) in [5.41, 5.74) is 1.02. The quantitative estimate of drug-likeness (QED) is 0.560. The number of carboxylic acid groups (broad SMARTS) is 1. The van der Waals surface area contributed by atoms with Crippen LogP contribution in [0.25, 0.3) is 0 Å². The first-order valence-corrected chi connectivity index (χ1v) is 4.74. The van der Waals surface area contributed by atoms with Crippen LogP contribution in [0.5, 0.6) is 5.75 Å². The van der Waals surface area contributed by atoms with Gasteiger partial charge in [-0.2, -0.15) is 0 Å². The highest BCUT2D eigenvalue weighted by Gasteiger charge is 2.16. The number of benzene rings is 1. The van der Waals surface area contributed by atoms with Crippen LogP contribution in [0.3, 0.4) is 0 Å². The Morgan fingerprint density at radius 2 is 2.13 bits per heavy atom. The standard InChI is InChI=1S/C11H10O4/c12-10-3-1-2-7-6-8(11(13)14)4-5-9(7)15-10/h4-6H,1-3H2,(H,13,14). The Labute approximate surface area is 86.5 Å². The normalized spacial score (nSPS) is 15.1. The lowest BCUT2D eigenvalue weighted by Crippen LogP contribution is -2.05. The van der Waals surface area contributed by atoms with E-state index in [-0.39, 0.29) is 11.5 Å². The van der Waals surface area contributed by atoms with Crippen molar-refractivity contribution in [3.05, 3.63) is 29.3 Å². The maximum Gasteiger partial charge on any atom is 0.335 e. The van der Waals surface area contributed by atoms with Crippen LogP contribution in [-0.4, -0.2) is 17.0 Å². The topological polar surface area (TPSA) is 63.6 Å². The van der Waals surface area contributed by atoms with Gasteiger partial charge in [0.05, 0.1) is 5.56 Å². The van der Waals surface area contributed by atoms with Gasteiger partial charge < -0.3 is 9.84 Å². The zero-order valence-electron chi connectivity index (χ0n) is 8.03. The van der Waals surface area contributed by atoms with Crippen molar-refractivity contribution < 1.29 is 19.4 Å². The van der Waals surface area contributed by atoms with E-state index in [0.717, 1.165) is 5.56 Å². The number of hydrogen-bond acceptors (Lipinski definition) is 3. The average molecular weight is 206 g/mol. The Balaban J connectivity index is 2.40. The Morgan fingerprint density at radius 3 is 2.87 bits per heavy atom. The van der Waals surface area contributed by atoms with Gasteiger partial charge in [0.1, 0.15) is 5.75 Å². The summed E-state index contributed by atoms with van der Waals surface area (Å²) in [6.07, 6.45) is 1.77. The molecule has 1 aromatic rings. The number of fused-ring (bicyclic) bond motifs is 1. The second kappa shape index (κ2) is 3.73. The van der Waals surface area contributed by atoms with Gasteiger partial charge >= 0.3 is 11.9 Å². The summed E-state index contributed by atoms with van der Waals surface area (Å²) in [6.45, 7) is 0. The molecule has 0 aliphatic carbocycles. The van der Waals surface area contributed by atoms with Crippen molar-refractivity contribution in [1.29, 1.82) is 0 Å². The summed E-state index contributed by atoms with van der Waals surface area (Å²) >= 11 is 0. The molecule has 1 aliphatic rings. The fraction of sp³-hybridized carbons (Fsp3) is 0.273. The summed E-state index contributed by atoms with van der Waals surface area (Å²) in [5, 5.41) is 8.80. The molecule has 4 nitrogen and oxygen atoms in total. The van der Waals surface area contributed by atoms with Crippen molar-refractivity contribution >= 4 is 11.9 Å². The Bertz CT molecular complexity index is 423. The third kappa shape index (κ3) is 1.98. The van der Waals surface area contributed by atoms with Crippen molar-refractivity contribution in [3.8, 4) is 5.75 Å². The van der Waals surface area contributed by atoms with E-state index in [4.69, 9.17) is 9.84 Å². The lowest BCUT2D eigenvalue weighted by atomic mass is 10.1. The van der Waals surface area contributed by atoms with Gasteiger partial charge in [-0.05, 0) is 36.6 Å². The molecule has 0 spiro atoms. The first-order chi connectivity index (χ1) is 7.16. The summed E-state index contributed by atoms with van der Waals surface area (Å²) in [4.78, 5) is 21.9. The smallest absolute Gasteiger partial charge is 0.335 e. The van der Waals surface area contributed by atoms with Crippen LogP contribution in [0.4, 0.5) is 0 Å². The van der Waals surface area contributed by atoms with E-state index < -0.39 is 5.97 Å². The predicted octanol–water partition coefficient (Wildman–Crippen LogP) is 1.63. The van der Waals surface area contributed by atoms with E-state index in [1.54, 1.807) is 12.1 Å². The number of esters is 1. The molecule has 0 amide bonds. The monoisotopic (exact) mass is 206 g/mol. The predicted molar refractivity (Wildman–Crippen MR) is 52.0 cm³/mol. The zero-order chi connectivity index (χ0) is 10.8. The van der Waals surface area contributed by atoms with E-state index in [1.165, 1.54) is 6.07 Å². The second-order valence-electron chi connectivity index (χ2n) is 3.46. The molecule has 0 aromatic heterocycles. The molecule has 2 rings (SSSR count). The maximum atomic E-state index is 11.1. The molecule has 0 fully saturated rings. The van der Waals surface area contributed by atoms with E-state index in [1.807, 2.05) is 0 Å². The summed E-state index contributed by atoms with van der Waals surface area (Å²) in [6, 6.07) is 4.55. The molecule has 0 unspecified atom stereocenters. The minimum Gasteiger partial charge on any atom is -0.478 e. The van der Waals surface area contributed by atoms with Crippen molar-refractivity contribution in [2.45, 2.75) is 19.3 Å². The molecule has 0 saturated heterocycles. The molecule has 1 heterocycles.